The number of hydrogen-bond acceptors (Lipinski definition) is 10. The molecule has 0 saturated carbocycles. The summed E-state index contributed by atoms with van der Waals surface area (Å²) in [6.07, 6.45) is 0. The molecule has 2 aromatic rings. The van der Waals surface area contributed by atoms with Gasteiger partial charge in [-0.2, -0.15) is 16.8 Å². The quantitative estimate of drug-likeness (QED) is 0.232. The van der Waals surface area contributed by atoms with Gasteiger partial charge in [-0.1, -0.05) is 24.3 Å². The van der Waals surface area contributed by atoms with Crippen molar-refractivity contribution in [3.63, 3.8) is 0 Å². The maximum atomic E-state index is 10.5. The molecular weight excluding hydrogens is 510 g/mol. The second-order valence-corrected chi connectivity index (χ2v) is 10.8. The van der Waals surface area contributed by atoms with Crippen LogP contribution in [0.1, 0.15) is 0 Å². The number of rotatable bonds is 4. The first kappa shape index (κ1) is 28.3. The van der Waals surface area contributed by atoms with Gasteiger partial charge in [0.1, 0.15) is 0 Å². The molecule has 0 amide bonds. The van der Waals surface area contributed by atoms with Crippen molar-refractivity contribution >= 4 is 46.0 Å². The van der Waals surface area contributed by atoms with Crippen molar-refractivity contribution in [1.29, 1.82) is 0 Å². The monoisotopic (exact) mass is 520 g/mol. The molecule has 0 fully saturated rings. The van der Waals surface area contributed by atoms with Gasteiger partial charge in [-0.05, 0) is 50.1 Å². The van der Waals surface area contributed by atoms with Crippen molar-refractivity contribution < 1.29 is 76.4 Å². The molecule has 156 valence electrons. The van der Waals surface area contributed by atoms with Crippen LogP contribution in [0, 0.1) is 0 Å². The number of benzene rings is 2. The average Bonchev–Trinajstić information content (AvgIpc) is 2.52. The van der Waals surface area contributed by atoms with E-state index in [0.29, 0.717) is 0 Å². The fourth-order valence-electron chi connectivity index (χ4n) is 1.60. The molecule has 2 rings (SSSR count). The van der Waals surface area contributed by atoms with E-state index in [2.05, 4.69) is 0 Å². The van der Waals surface area contributed by atoms with Crippen molar-refractivity contribution in [2.24, 2.45) is 0 Å². The van der Waals surface area contributed by atoms with Crippen LogP contribution in [-0.4, -0.2) is 25.9 Å². The Morgan fingerprint density at radius 2 is 0.793 bits per heavy atom. The molecule has 0 bridgehead atoms. The van der Waals surface area contributed by atoms with Crippen LogP contribution in [0.3, 0.4) is 0 Å². The molecule has 0 aliphatic heterocycles. The molecule has 0 spiro atoms. The largest absolute Gasteiger partial charge is 4.00 e. The van der Waals surface area contributed by atoms with Crippen molar-refractivity contribution in [2.75, 3.05) is 0 Å². The van der Waals surface area contributed by atoms with Crippen LogP contribution >= 0.6 is 15.2 Å². The summed E-state index contributed by atoms with van der Waals surface area (Å²) in [5.41, 5.74) is 0. The molecule has 0 aliphatic rings. The van der Waals surface area contributed by atoms with Gasteiger partial charge in [0.15, 0.2) is 0 Å². The summed E-state index contributed by atoms with van der Waals surface area (Å²) < 4.78 is 80.1. The van der Waals surface area contributed by atoms with E-state index in [0.717, 1.165) is 48.5 Å². The molecule has 0 aromatic heterocycles. The Kier molecular flexibility index (Phi) is 9.80. The van der Waals surface area contributed by atoms with Crippen LogP contribution in [0.5, 0.6) is 0 Å². The topological polar surface area (TPSA) is 235 Å². The van der Waals surface area contributed by atoms with Crippen LogP contribution in [0.15, 0.2) is 58.3 Å². The third kappa shape index (κ3) is 9.30. The Hall–Kier alpha value is -0.726. The van der Waals surface area contributed by atoms with Crippen molar-refractivity contribution in [3.8, 4) is 0 Å². The van der Waals surface area contributed by atoms with Gasteiger partial charge in [-0.15, -0.1) is 0 Å². The molecule has 29 heavy (non-hydrogen) atoms. The van der Waals surface area contributed by atoms with E-state index in [4.69, 9.17) is 9.11 Å². The molecule has 2 aromatic carbocycles. The van der Waals surface area contributed by atoms with E-state index in [1.54, 1.807) is 0 Å². The van der Waals surface area contributed by atoms with Crippen LogP contribution < -0.4 is 30.2 Å². The zero-order valence-electron chi connectivity index (χ0n) is 13.8. The minimum atomic E-state index is -4.87. The van der Waals surface area contributed by atoms with Gasteiger partial charge in [0.25, 0.3) is 20.2 Å². The SMILES string of the molecule is O=P([O-])([O-])c1ccc(S(=O)(=O)O)cc1.O=P([O-])([O-])c1ccc(S(=O)(=O)O)cc1.[Ti+4]. The Morgan fingerprint density at radius 3 is 0.931 bits per heavy atom. The summed E-state index contributed by atoms with van der Waals surface area (Å²) in [6.45, 7) is 0. The van der Waals surface area contributed by atoms with Crippen LogP contribution in [0.4, 0.5) is 0 Å². The van der Waals surface area contributed by atoms with E-state index < -0.39 is 55.8 Å². The Bertz CT molecular complexity index is 1040. The number of hydrogen-bond donors (Lipinski definition) is 2. The van der Waals surface area contributed by atoms with Crippen molar-refractivity contribution in [2.45, 2.75) is 9.79 Å². The van der Waals surface area contributed by atoms with Crippen molar-refractivity contribution in [1.82, 2.24) is 0 Å². The molecule has 17 heteroatoms. The first-order chi connectivity index (χ1) is 12.4. The summed E-state index contributed by atoms with van der Waals surface area (Å²) in [7, 11) is -18.5. The fraction of sp³-hybridized carbons (Fsp3) is 0. The third-order valence-electron chi connectivity index (χ3n) is 2.90. The Labute approximate surface area is 180 Å². The second-order valence-electron chi connectivity index (χ2n) is 4.93. The van der Waals surface area contributed by atoms with Gasteiger partial charge < -0.3 is 28.7 Å². The minimum absolute atomic E-state index is 0. The van der Waals surface area contributed by atoms with Crippen LogP contribution in [0.25, 0.3) is 0 Å². The first-order valence-corrected chi connectivity index (χ1v) is 12.6. The average molecular weight is 520 g/mol. The second kappa shape index (κ2) is 10.1. The summed E-state index contributed by atoms with van der Waals surface area (Å²) >= 11 is 0. The zero-order valence-corrected chi connectivity index (χ0v) is 18.8. The fourth-order valence-corrected chi connectivity index (χ4v) is 3.59. The van der Waals surface area contributed by atoms with Gasteiger partial charge in [0.2, 0.25) is 0 Å². The van der Waals surface area contributed by atoms with E-state index in [1.165, 1.54) is 0 Å². The molecule has 2 N–H and O–H groups in total. The molecular formula is C12H10O12P2S2Ti. The van der Waals surface area contributed by atoms with Crippen molar-refractivity contribution in [3.05, 3.63) is 48.5 Å². The summed E-state index contributed by atoms with van der Waals surface area (Å²) in [5, 5.41) is -1.05. The molecule has 0 heterocycles. The van der Waals surface area contributed by atoms with Gasteiger partial charge in [0, 0.05) is 0 Å². The molecule has 0 aliphatic carbocycles. The Balaban J connectivity index is 0.000000523. The minimum Gasteiger partial charge on any atom is -0.807 e. The first-order valence-electron chi connectivity index (χ1n) is 6.63. The van der Waals surface area contributed by atoms with Crippen LogP contribution in [0.2, 0.25) is 0 Å². The zero-order chi connectivity index (χ0) is 22.0. The van der Waals surface area contributed by atoms with Gasteiger partial charge in [-0.25, -0.2) is 0 Å². The summed E-state index contributed by atoms with van der Waals surface area (Å²) in [6, 6.07) is 6.65. The van der Waals surface area contributed by atoms with E-state index in [-0.39, 0.29) is 21.7 Å². The van der Waals surface area contributed by atoms with E-state index in [9.17, 15) is 45.5 Å². The van der Waals surface area contributed by atoms with E-state index >= 15 is 0 Å². The molecule has 0 radical (unpaired) electrons. The summed E-state index contributed by atoms with van der Waals surface area (Å²) in [5.74, 6) is 0. The molecule has 0 saturated heterocycles. The Morgan fingerprint density at radius 1 is 0.586 bits per heavy atom. The van der Waals surface area contributed by atoms with Gasteiger partial charge in [-0.3, -0.25) is 9.11 Å². The smallest absolute Gasteiger partial charge is 0.807 e. The molecule has 0 unspecified atom stereocenters. The predicted octanol–water partition coefficient (Wildman–Crippen LogP) is -3.06. The third-order valence-corrected chi connectivity index (χ3v) is 6.50. The normalized spacial score (nSPS) is 12.3. The molecule has 0 atom stereocenters. The van der Waals surface area contributed by atoms with Gasteiger partial charge in [0.05, 0.1) is 9.79 Å². The summed E-state index contributed by atoms with van der Waals surface area (Å²) in [4.78, 5) is 40.9. The standard InChI is InChI=1S/2C6H7O6PS.Ti/c2*7-13(8,9)5-1-3-6(4-2-5)14(10,11)12;/h2*1-4H,(H2,7,8,9)(H,10,11,12);/q;;+4/p-4. The van der Waals surface area contributed by atoms with E-state index in [1.807, 2.05) is 0 Å². The predicted molar refractivity (Wildman–Crippen MR) is 87.0 cm³/mol. The van der Waals surface area contributed by atoms with Crippen LogP contribution in [-0.2, 0) is 51.1 Å². The maximum absolute atomic E-state index is 10.5. The van der Waals surface area contributed by atoms with Gasteiger partial charge >= 0.3 is 21.7 Å². The molecule has 12 nitrogen and oxygen atoms in total. The maximum Gasteiger partial charge on any atom is 4.00 e.